The monoisotopic (exact) mass is 544 g/mol. The summed E-state index contributed by atoms with van der Waals surface area (Å²) in [4.78, 5) is 54.1. The van der Waals surface area contributed by atoms with Gasteiger partial charge in [0, 0.05) is 0 Å². The van der Waals surface area contributed by atoms with Crippen molar-refractivity contribution in [3.8, 4) is 0 Å². The summed E-state index contributed by atoms with van der Waals surface area (Å²) >= 11 is 0. The van der Waals surface area contributed by atoms with Crippen LogP contribution in [-0.4, -0.2) is 88.7 Å². The first-order valence-corrected chi connectivity index (χ1v) is 11.2. The maximum atomic E-state index is 13.6. The number of hydrogen-bond donors (Lipinski definition) is 4. The van der Waals surface area contributed by atoms with Crippen molar-refractivity contribution in [1.29, 1.82) is 0 Å². The molecule has 2 aromatic rings. The van der Waals surface area contributed by atoms with Crippen molar-refractivity contribution in [2.45, 2.75) is 50.1 Å². The van der Waals surface area contributed by atoms with Crippen LogP contribution in [-0.2, 0) is 30.3 Å². The quantitative estimate of drug-likeness (QED) is 0.190. The summed E-state index contributed by atoms with van der Waals surface area (Å²) < 4.78 is 61.9. The number of nitrogens with one attached hydrogen (secondary N) is 4. The minimum Gasteiger partial charge on any atom is -0.361 e. The average Bonchev–Trinajstić information content (AvgIpc) is 3.38. The standard InChI is InChI=1S/C22H24F4N6O6/c1-22(9-38-22)15(33)12(7-11-5-3-2-4-6-11)29-18(34)13(8-37-21(25)26)30-19(35)14(16(23)24)31-20(36)17-27-10-28-32-17/h2-6,10,12-14,16,21H,7-9H2,1H3,(H,29,34)(H,30,35)(H,31,36)(H,27,28,32)/t12-,13-,14+,22-/m0/s1. The molecule has 0 unspecified atom stereocenters. The lowest BCUT2D eigenvalue weighted by atomic mass is 9.94. The van der Waals surface area contributed by atoms with Crippen LogP contribution >= 0.6 is 0 Å². The van der Waals surface area contributed by atoms with Gasteiger partial charge >= 0.3 is 6.61 Å². The Hall–Kier alpha value is -3.92. The first-order chi connectivity index (χ1) is 18.0. The highest BCUT2D eigenvalue weighted by Crippen LogP contribution is 2.29. The van der Waals surface area contributed by atoms with Crippen LogP contribution in [0.4, 0.5) is 17.6 Å². The van der Waals surface area contributed by atoms with E-state index in [0.717, 1.165) is 6.33 Å². The molecular formula is C22H24F4N6O6. The van der Waals surface area contributed by atoms with Crippen molar-refractivity contribution in [3.63, 3.8) is 0 Å². The lowest BCUT2D eigenvalue weighted by Crippen LogP contribution is -2.59. The number of benzene rings is 1. The van der Waals surface area contributed by atoms with E-state index in [1.807, 2.05) is 5.32 Å². The van der Waals surface area contributed by atoms with Gasteiger partial charge in [-0.25, -0.2) is 13.8 Å². The van der Waals surface area contributed by atoms with Crippen LogP contribution in [0, 0.1) is 0 Å². The van der Waals surface area contributed by atoms with E-state index in [4.69, 9.17) is 4.74 Å². The van der Waals surface area contributed by atoms with Gasteiger partial charge in [-0.2, -0.15) is 13.9 Å². The number of amides is 3. The molecule has 1 aromatic carbocycles. The number of halogens is 4. The number of nitrogens with zero attached hydrogens (tertiary/aromatic N) is 2. The second kappa shape index (κ2) is 12.6. The highest BCUT2D eigenvalue weighted by Gasteiger charge is 2.50. The Kier molecular flexibility index (Phi) is 9.46. The summed E-state index contributed by atoms with van der Waals surface area (Å²) in [5, 5.41) is 11.5. The van der Waals surface area contributed by atoms with Gasteiger partial charge in [-0.1, -0.05) is 30.3 Å². The molecule has 2 heterocycles. The van der Waals surface area contributed by atoms with E-state index in [9.17, 15) is 36.7 Å². The van der Waals surface area contributed by atoms with Gasteiger partial charge in [-0.3, -0.25) is 24.3 Å². The van der Waals surface area contributed by atoms with E-state index >= 15 is 0 Å². The topological polar surface area (TPSA) is 168 Å². The Morgan fingerprint density at radius 1 is 1.05 bits per heavy atom. The van der Waals surface area contributed by atoms with Crippen LogP contribution < -0.4 is 16.0 Å². The van der Waals surface area contributed by atoms with E-state index in [1.54, 1.807) is 35.6 Å². The van der Waals surface area contributed by atoms with Gasteiger partial charge in [0.25, 0.3) is 12.3 Å². The molecule has 4 N–H and O–H groups in total. The van der Waals surface area contributed by atoms with E-state index in [0.29, 0.717) is 5.56 Å². The fraction of sp³-hybridized carbons (Fsp3) is 0.455. The zero-order valence-electron chi connectivity index (χ0n) is 19.8. The Morgan fingerprint density at radius 2 is 1.71 bits per heavy atom. The number of aromatic amines is 1. The summed E-state index contributed by atoms with van der Waals surface area (Å²) in [6.45, 7) is -2.88. The van der Waals surface area contributed by atoms with E-state index < -0.39 is 72.7 Å². The number of rotatable bonds is 14. The van der Waals surface area contributed by atoms with Crippen molar-refractivity contribution in [2.75, 3.05) is 13.2 Å². The van der Waals surface area contributed by atoms with Crippen LogP contribution in [0.5, 0.6) is 0 Å². The van der Waals surface area contributed by atoms with Gasteiger partial charge in [0.15, 0.2) is 11.8 Å². The average molecular weight is 544 g/mol. The number of hydrogen-bond acceptors (Lipinski definition) is 8. The maximum Gasteiger partial charge on any atom is 0.345 e. The number of epoxide rings is 1. The third kappa shape index (κ3) is 7.79. The summed E-state index contributed by atoms with van der Waals surface area (Å²) in [5.74, 6) is -4.93. The minimum atomic E-state index is -3.46. The fourth-order valence-corrected chi connectivity index (χ4v) is 3.33. The molecule has 3 rings (SSSR count). The smallest absolute Gasteiger partial charge is 0.345 e. The first kappa shape index (κ1) is 28.6. The molecule has 1 saturated heterocycles. The van der Waals surface area contributed by atoms with Gasteiger partial charge in [-0.15, -0.1) is 0 Å². The molecule has 12 nitrogen and oxygen atoms in total. The van der Waals surface area contributed by atoms with Gasteiger partial charge in [0.05, 0.1) is 19.3 Å². The number of Topliss-reactive ketones (excluding diaryl/α,β-unsaturated/α-hetero) is 1. The number of ketones is 1. The number of H-pyrrole nitrogens is 1. The summed E-state index contributed by atoms with van der Waals surface area (Å²) in [6, 6.07) is 2.88. The van der Waals surface area contributed by atoms with Gasteiger partial charge in [-0.05, 0) is 18.9 Å². The van der Waals surface area contributed by atoms with Crippen LogP contribution in [0.3, 0.4) is 0 Å². The van der Waals surface area contributed by atoms with E-state index in [-0.39, 0.29) is 13.0 Å². The molecule has 3 amide bonds. The lowest BCUT2D eigenvalue weighted by Gasteiger charge is -2.25. The SMILES string of the molecule is C[C@@]1(C(=O)[C@H](Cc2ccccc2)NC(=O)[C@H](COC(F)F)NC(=O)[C@H](NC(=O)c2ncn[nH]2)C(F)F)CO1. The van der Waals surface area contributed by atoms with E-state index in [2.05, 4.69) is 25.2 Å². The van der Waals surface area contributed by atoms with Crippen LogP contribution in [0.25, 0.3) is 0 Å². The predicted octanol–water partition coefficient (Wildman–Crippen LogP) is -0.0223. The molecular weight excluding hydrogens is 520 g/mol. The van der Waals surface area contributed by atoms with Crippen molar-refractivity contribution in [2.24, 2.45) is 0 Å². The Morgan fingerprint density at radius 3 is 2.26 bits per heavy atom. The molecule has 4 atom stereocenters. The van der Waals surface area contributed by atoms with Crippen molar-refractivity contribution in [3.05, 3.63) is 48.0 Å². The van der Waals surface area contributed by atoms with Crippen molar-refractivity contribution < 1.29 is 46.2 Å². The van der Waals surface area contributed by atoms with E-state index in [1.165, 1.54) is 6.92 Å². The lowest BCUT2D eigenvalue weighted by molar-refractivity contribution is -0.149. The minimum absolute atomic E-state index is 0.00632. The molecule has 1 aromatic heterocycles. The maximum absolute atomic E-state index is 13.6. The number of carbonyl (C=O) groups excluding carboxylic acids is 4. The second-order valence-corrected chi connectivity index (χ2v) is 8.41. The summed E-state index contributed by atoms with van der Waals surface area (Å²) in [5.41, 5.74) is -0.524. The van der Waals surface area contributed by atoms with Crippen molar-refractivity contribution in [1.82, 2.24) is 31.1 Å². The van der Waals surface area contributed by atoms with Crippen LogP contribution in [0.15, 0.2) is 36.7 Å². The molecule has 1 fully saturated rings. The molecule has 1 aliphatic rings. The van der Waals surface area contributed by atoms with Crippen LogP contribution in [0.2, 0.25) is 0 Å². The molecule has 0 saturated carbocycles. The third-order valence-corrected chi connectivity index (χ3v) is 5.49. The molecule has 38 heavy (non-hydrogen) atoms. The largest absolute Gasteiger partial charge is 0.361 e. The number of ether oxygens (including phenoxy) is 2. The molecule has 0 spiro atoms. The second-order valence-electron chi connectivity index (χ2n) is 8.41. The molecule has 0 aliphatic carbocycles. The van der Waals surface area contributed by atoms with Crippen molar-refractivity contribution >= 4 is 23.5 Å². The number of alkyl halides is 4. The number of carbonyl (C=O) groups is 4. The highest BCUT2D eigenvalue weighted by molar-refractivity contribution is 5.99. The van der Waals surface area contributed by atoms with Gasteiger partial charge in [0.2, 0.25) is 17.6 Å². The molecule has 0 bridgehead atoms. The number of aromatic nitrogens is 3. The Labute approximate surface area is 212 Å². The Balaban J connectivity index is 1.75. The molecule has 16 heteroatoms. The Bertz CT molecular complexity index is 1120. The molecule has 206 valence electrons. The third-order valence-electron chi connectivity index (χ3n) is 5.49. The summed E-state index contributed by atoms with van der Waals surface area (Å²) in [7, 11) is 0. The zero-order chi connectivity index (χ0) is 27.9. The van der Waals surface area contributed by atoms with Gasteiger partial charge < -0.3 is 25.4 Å². The zero-order valence-corrected chi connectivity index (χ0v) is 19.8. The fourth-order valence-electron chi connectivity index (χ4n) is 3.33. The molecule has 1 aliphatic heterocycles. The summed E-state index contributed by atoms with van der Waals surface area (Å²) in [6.07, 6.45) is -2.54. The molecule has 0 radical (unpaired) electrons. The predicted molar refractivity (Wildman–Crippen MR) is 119 cm³/mol. The van der Waals surface area contributed by atoms with Gasteiger partial charge in [0.1, 0.15) is 18.0 Å². The van der Waals surface area contributed by atoms with Crippen LogP contribution in [0.1, 0.15) is 23.1 Å². The highest BCUT2D eigenvalue weighted by atomic mass is 19.3. The normalized spacial score (nSPS) is 18.9. The first-order valence-electron chi connectivity index (χ1n) is 11.2.